The van der Waals surface area contributed by atoms with E-state index in [-0.39, 0.29) is 6.67 Å². The van der Waals surface area contributed by atoms with E-state index in [1.807, 2.05) is 0 Å². The van der Waals surface area contributed by atoms with Gasteiger partial charge < -0.3 is 0 Å². The third kappa shape index (κ3) is 7.93. The van der Waals surface area contributed by atoms with E-state index in [1.165, 1.54) is 107 Å². The van der Waals surface area contributed by atoms with E-state index in [0.29, 0.717) is 0 Å². The van der Waals surface area contributed by atoms with E-state index >= 15 is 0 Å². The van der Waals surface area contributed by atoms with Gasteiger partial charge in [0.25, 0.3) is 0 Å². The Hall–Kier alpha value is -1.63. The van der Waals surface area contributed by atoms with Crippen molar-refractivity contribution in [3.05, 3.63) is 59.7 Å². The van der Waals surface area contributed by atoms with Crippen molar-refractivity contribution in [2.75, 3.05) is 6.67 Å². The molecule has 2 saturated carbocycles. The number of unbranched alkanes of at least 4 members (excludes halogenated alkanes) is 4. The highest BCUT2D eigenvalue weighted by molar-refractivity contribution is 5.64. The number of aryl methyl sites for hydroxylation is 1. The highest BCUT2D eigenvalue weighted by Gasteiger charge is 2.31. The lowest BCUT2D eigenvalue weighted by Crippen LogP contribution is -2.25. The Labute approximate surface area is 215 Å². The molecule has 0 radical (unpaired) electrons. The summed E-state index contributed by atoms with van der Waals surface area (Å²) in [5, 5.41) is 0. The summed E-state index contributed by atoms with van der Waals surface area (Å²) in [6.45, 7) is 2.14. The van der Waals surface area contributed by atoms with Gasteiger partial charge in [-0.1, -0.05) is 100 Å². The topological polar surface area (TPSA) is 0 Å². The minimum atomic E-state index is -0.132. The lowest BCUT2D eigenvalue weighted by atomic mass is 9.68. The zero-order valence-corrected chi connectivity index (χ0v) is 22.3. The molecule has 35 heavy (non-hydrogen) atoms. The summed E-state index contributed by atoms with van der Waals surface area (Å²) in [6, 6.07) is 18.8. The first-order valence-electron chi connectivity index (χ1n) is 15.0. The molecule has 2 aromatic rings. The van der Waals surface area contributed by atoms with Gasteiger partial charge in [-0.25, -0.2) is 0 Å². The molecule has 0 atom stereocenters. The van der Waals surface area contributed by atoms with Crippen LogP contribution in [0.2, 0.25) is 0 Å². The van der Waals surface area contributed by atoms with Gasteiger partial charge >= 0.3 is 0 Å². The number of halogens is 1. The van der Waals surface area contributed by atoms with Crippen LogP contribution >= 0.6 is 0 Å². The van der Waals surface area contributed by atoms with Crippen molar-refractivity contribution in [3.8, 4) is 11.1 Å². The number of benzene rings is 2. The third-order valence-electron chi connectivity index (χ3n) is 9.31. The lowest BCUT2D eigenvalue weighted by molar-refractivity contribution is 0.155. The van der Waals surface area contributed by atoms with E-state index < -0.39 is 0 Å². The van der Waals surface area contributed by atoms with Gasteiger partial charge in [-0.15, -0.1) is 0 Å². The van der Waals surface area contributed by atoms with Crippen LogP contribution in [0, 0.1) is 17.8 Å². The molecule has 0 nitrogen and oxygen atoms in total. The highest BCUT2D eigenvalue weighted by atomic mass is 19.1. The molecule has 0 spiro atoms. The fraction of sp³-hybridized carbons (Fsp3) is 0.647. The minimum absolute atomic E-state index is 0.132. The van der Waals surface area contributed by atoms with Crippen LogP contribution in [0.5, 0.6) is 0 Å². The van der Waals surface area contributed by atoms with Crippen LogP contribution in [-0.4, -0.2) is 6.67 Å². The van der Waals surface area contributed by atoms with E-state index in [2.05, 4.69) is 55.5 Å². The first-order valence-corrected chi connectivity index (χ1v) is 15.0. The molecule has 2 aromatic carbocycles. The molecule has 0 unspecified atom stereocenters. The second-order valence-electron chi connectivity index (χ2n) is 11.7. The Morgan fingerprint density at radius 1 is 0.629 bits per heavy atom. The summed E-state index contributed by atoms with van der Waals surface area (Å²) in [7, 11) is 0. The van der Waals surface area contributed by atoms with Crippen LogP contribution in [0.3, 0.4) is 0 Å². The molecule has 0 heterocycles. The van der Waals surface area contributed by atoms with Crippen LogP contribution in [0.1, 0.15) is 120 Å². The van der Waals surface area contributed by atoms with Crippen molar-refractivity contribution >= 4 is 0 Å². The van der Waals surface area contributed by atoms with Gasteiger partial charge in [0.15, 0.2) is 0 Å². The maximum absolute atomic E-state index is 12.3. The SMILES string of the molecule is CCCCCc1ccc(-c2ccc(C3CCC(C4CCC(CCCCCF)CC4)CC3)cc2)cc1. The van der Waals surface area contributed by atoms with Crippen LogP contribution in [0.25, 0.3) is 11.1 Å². The third-order valence-corrected chi connectivity index (χ3v) is 9.31. The Balaban J connectivity index is 1.20. The Morgan fingerprint density at radius 3 is 1.83 bits per heavy atom. The average Bonchev–Trinajstić information content (AvgIpc) is 2.92. The van der Waals surface area contributed by atoms with Crippen LogP contribution < -0.4 is 0 Å². The minimum Gasteiger partial charge on any atom is -0.251 e. The number of rotatable bonds is 12. The monoisotopic (exact) mass is 476 g/mol. The fourth-order valence-corrected chi connectivity index (χ4v) is 6.97. The van der Waals surface area contributed by atoms with Crippen molar-refractivity contribution in [2.45, 2.75) is 116 Å². The van der Waals surface area contributed by atoms with Crippen molar-refractivity contribution in [1.29, 1.82) is 0 Å². The van der Waals surface area contributed by atoms with Gasteiger partial charge in [0.2, 0.25) is 0 Å². The number of alkyl halides is 1. The first kappa shape index (κ1) is 26.4. The standard InChI is InChI=1S/C34H49F/c1-2-3-5-8-27-10-14-29(15-11-27)31-18-22-33(23-19-31)34-24-20-32(21-25-34)30-16-12-28(13-17-30)9-6-4-7-26-35/h10-11,14-15,18-19,22-23,28,30,32,34H,2-9,12-13,16-17,20-21,24-26H2,1H3. The van der Waals surface area contributed by atoms with Crippen molar-refractivity contribution < 1.29 is 4.39 Å². The van der Waals surface area contributed by atoms with E-state index in [9.17, 15) is 4.39 Å². The molecule has 1 heteroatoms. The molecule has 0 N–H and O–H groups in total. The highest BCUT2D eigenvalue weighted by Crippen LogP contribution is 2.44. The second-order valence-corrected chi connectivity index (χ2v) is 11.7. The molecule has 2 aliphatic carbocycles. The van der Waals surface area contributed by atoms with Crippen LogP contribution in [0.4, 0.5) is 4.39 Å². The Kier molecular flexibility index (Phi) is 10.7. The summed E-state index contributed by atoms with van der Waals surface area (Å²) in [6.07, 6.45) is 21.0. The molecule has 4 rings (SSSR count). The lowest BCUT2D eigenvalue weighted by Gasteiger charge is -2.38. The molecule has 0 saturated heterocycles. The van der Waals surface area contributed by atoms with Crippen LogP contribution in [0.15, 0.2) is 48.5 Å². The number of hydrogen-bond donors (Lipinski definition) is 0. The molecule has 192 valence electrons. The Bertz CT molecular complexity index is 820. The fourth-order valence-electron chi connectivity index (χ4n) is 6.97. The molecule has 2 fully saturated rings. The largest absolute Gasteiger partial charge is 0.251 e. The second kappa shape index (κ2) is 14.2. The van der Waals surface area contributed by atoms with Crippen molar-refractivity contribution in [2.24, 2.45) is 17.8 Å². The quantitative estimate of drug-likeness (QED) is 0.267. The van der Waals surface area contributed by atoms with Crippen molar-refractivity contribution in [1.82, 2.24) is 0 Å². The summed E-state index contributed by atoms with van der Waals surface area (Å²) < 4.78 is 12.3. The van der Waals surface area contributed by atoms with Gasteiger partial charge in [-0.2, -0.15) is 0 Å². The summed E-state index contributed by atoms with van der Waals surface area (Å²) in [5.74, 6) is 3.63. The zero-order valence-electron chi connectivity index (χ0n) is 22.3. The van der Waals surface area contributed by atoms with Crippen LogP contribution in [-0.2, 0) is 6.42 Å². The molecule has 2 aliphatic rings. The normalized spacial score (nSPS) is 25.0. The van der Waals surface area contributed by atoms with E-state index in [4.69, 9.17) is 0 Å². The average molecular weight is 477 g/mol. The molecule has 0 bridgehead atoms. The number of hydrogen-bond acceptors (Lipinski definition) is 0. The molecule has 0 aliphatic heterocycles. The molecular formula is C34H49F. The van der Waals surface area contributed by atoms with Crippen molar-refractivity contribution in [3.63, 3.8) is 0 Å². The molecule has 0 amide bonds. The van der Waals surface area contributed by atoms with E-state index in [0.717, 1.165) is 36.5 Å². The molecule has 0 aromatic heterocycles. The first-order chi connectivity index (χ1) is 17.3. The summed E-state index contributed by atoms with van der Waals surface area (Å²) >= 11 is 0. The van der Waals surface area contributed by atoms with Gasteiger partial charge in [0.05, 0.1) is 6.67 Å². The summed E-state index contributed by atoms with van der Waals surface area (Å²) in [5.41, 5.74) is 5.72. The van der Waals surface area contributed by atoms with Gasteiger partial charge in [0, 0.05) is 0 Å². The van der Waals surface area contributed by atoms with Gasteiger partial charge in [0.1, 0.15) is 0 Å². The smallest absolute Gasteiger partial charge is 0.0894 e. The maximum atomic E-state index is 12.3. The van der Waals surface area contributed by atoms with Gasteiger partial charge in [-0.3, -0.25) is 4.39 Å². The Morgan fingerprint density at radius 2 is 1.23 bits per heavy atom. The van der Waals surface area contributed by atoms with Gasteiger partial charge in [-0.05, 0) is 104 Å². The zero-order chi connectivity index (χ0) is 24.3. The summed E-state index contributed by atoms with van der Waals surface area (Å²) in [4.78, 5) is 0. The molecular weight excluding hydrogens is 427 g/mol. The van der Waals surface area contributed by atoms with E-state index in [1.54, 1.807) is 5.56 Å². The predicted molar refractivity (Wildman–Crippen MR) is 150 cm³/mol. The maximum Gasteiger partial charge on any atom is 0.0894 e. The predicted octanol–water partition coefficient (Wildman–Crippen LogP) is 10.7.